The fourth-order valence-corrected chi connectivity index (χ4v) is 3.46. The Kier molecular flexibility index (Phi) is 8.19. The molecular formula is C12H23F2NO4S. The molecule has 0 aliphatic rings. The van der Waals surface area contributed by atoms with Gasteiger partial charge < -0.3 is 5.11 Å². The Hall–Kier alpha value is -0.760. The maximum atomic E-state index is 13.3. The van der Waals surface area contributed by atoms with E-state index in [1.807, 2.05) is 0 Å². The van der Waals surface area contributed by atoms with Crippen LogP contribution in [-0.2, 0) is 14.8 Å². The van der Waals surface area contributed by atoms with Crippen molar-refractivity contribution >= 4 is 16.0 Å². The van der Waals surface area contributed by atoms with Crippen LogP contribution in [0.15, 0.2) is 0 Å². The fraction of sp³-hybridized carbons (Fsp3) is 0.917. The van der Waals surface area contributed by atoms with Crippen molar-refractivity contribution in [2.75, 3.05) is 12.3 Å². The van der Waals surface area contributed by atoms with Crippen LogP contribution in [0.4, 0.5) is 8.78 Å². The number of hydrogen-bond donors (Lipinski definition) is 1. The number of alkyl halides is 2. The normalized spacial score (nSPS) is 12.8. The average Bonchev–Trinajstić information content (AvgIpc) is 2.33. The van der Waals surface area contributed by atoms with Crippen LogP contribution in [0, 0.1) is 0 Å². The largest absolute Gasteiger partial charge is 0.476 e. The molecule has 0 atom stereocenters. The highest BCUT2D eigenvalue weighted by molar-refractivity contribution is 7.89. The SMILES string of the molecule is CCCCCCCCS(=O)(=O)N(CC)C(F)(F)C(=O)O. The molecule has 5 nitrogen and oxygen atoms in total. The Morgan fingerprint density at radius 2 is 1.60 bits per heavy atom. The minimum absolute atomic E-state index is 0.242. The zero-order valence-corrected chi connectivity index (χ0v) is 12.8. The van der Waals surface area contributed by atoms with E-state index in [1.54, 1.807) is 0 Å². The first kappa shape index (κ1) is 19.2. The number of carboxylic acid groups (broad SMARTS) is 1. The van der Waals surface area contributed by atoms with Crippen molar-refractivity contribution in [1.29, 1.82) is 0 Å². The Balaban J connectivity index is 4.50. The quantitative estimate of drug-likeness (QED) is 0.470. The van der Waals surface area contributed by atoms with Gasteiger partial charge in [-0.25, -0.2) is 13.2 Å². The maximum Gasteiger partial charge on any atom is 0.414 e. The number of rotatable bonds is 11. The molecule has 0 aromatic heterocycles. The number of sulfonamides is 1. The Labute approximate surface area is 119 Å². The molecular weight excluding hydrogens is 292 g/mol. The molecule has 0 aliphatic heterocycles. The van der Waals surface area contributed by atoms with E-state index in [4.69, 9.17) is 5.11 Å². The first-order valence-electron chi connectivity index (χ1n) is 6.81. The molecule has 0 heterocycles. The summed E-state index contributed by atoms with van der Waals surface area (Å²) in [5.41, 5.74) is 0. The minimum atomic E-state index is -4.39. The third-order valence-corrected chi connectivity index (χ3v) is 4.91. The molecule has 20 heavy (non-hydrogen) atoms. The van der Waals surface area contributed by atoms with Crippen LogP contribution in [0.1, 0.15) is 52.4 Å². The van der Waals surface area contributed by atoms with Crippen LogP contribution in [0.5, 0.6) is 0 Å². The minimum Gasteiger partial charge on any atom is -0.476 e. The molecule has 0 unspecified atom stereocenters. The van der Waals surface area contributed by atoms with Crippen molar-refractivity contribution < 1.29 is 27.1 Å². The number of carbonyl (C=O) groups is 1. The van der Waals surface area contributed by atoms with E-state index in [2.05, 4.69) is 6.92 Å². The summed E-state index contributed by atoms with van der Waals surface area (Å²) in [7, 11) is -4.27. The van der Waals surface area contributed by atoms with Crippen LogP contribution >= 0.6 is 0 Å². The van der Waals surface area contributed by atoms with Gasteiger partial charge in [-0.3, -0.25) is 0 Å². The predicted molar refractivity (Wildman–Crippen MR) is 72.1 cm³/mol. The van der Waals surface area contributed by atoms with Crippen molar-refractivity contribution in [3.8, 4) is 0 Å². The third-order valence-electron chi connectivity index (χ3n) is 2.95. The van der Waals surface area contributed by atoms with Gasteiger partial charge in [-0.15, -0.1) is 4.31 Å². The lowest BCUT2D eigenvalue weighted by Crippen LogP contribution is -2.51. The molecule has 0 rings (SSSR count). The first-order valence-corrected chi connectivity index (χ1v) is 8.42. The van der Waals surface area contributed by atoms with E-state index >= 15 is 0 Å². The Morgan fingerprint density at radius 1 is 1.10 bits per heavy atom. The summed E-state index contributed by atoms with van der Waals surface area (Å²) in [5, 5.41) is 8.42. The molecule has 0 radical (unpaired) electrons. The van der Waals surface area contributed by atoms with E-state index in [0.29, 0.717) is 6.42 Å². The van der Waals surface area contributed by atoms with E-state index in [-0.39, 0.29) is 10.7 Å². The second-order valence-electron chi connectivity index (χ2n) is 4.59. The maximum absolute atomic E-state index is 13.3. The average molecular weight is 315 g/mol. The molecule has 0 saturated carbocycles. The van der Waals surface area contributed by atoms with E-state index < -0.39 is 34.3 Å². The number of likely N-dealkylation sites (N-methyl/N-ethyl adjacent to an activating group) is 1. The van der Waals surface area contributed by atoms with Gasteiger partial charge in [-0.1, -0.05) is 46.0 Å². The summed E-state index contributed by atoms with van der Waals surface area (Å²) in [6.45, 7) is 2.67. The standard InChI is InChI=1S/C12H23F2NO4S/c1-3-5-6-7-8-9-10-20(18,19)15(4-2)12(13,14)11(16)17/h3-10H2,1-2H3,(H,16,17). The summed E-state index contributed by atoms with van der Waals surface area (Å²) in [6, 6.07) is -4.39. The molecule has 0 spiro atoms. The second-order valence-corrected chi connectivity index (χ2v) is 6.61. The fourth-order valence-electron chi connectivity index (χ4n) is 1.85. The van der Waals surface area contributed by atoms with Crippen LogP contribution in [0.2, 0.25) is 0 Å². The lowest BCUT2D eigenvalue weighted by molar-refractivity contribution is -0.183. The van der Waals surface area contributed by atoms with Crippen LogP contribution < -0.4 is 0 Å². The van der Waals surface area contributed by atoms with Gasteiger partial charge >= 0.3 is 12.0 Å². The van der Waals surface area contributed by atoms with Gasteiger partial charge in [-0.05, 0) is 6.42 Å². The molecule has 0 aromatic carbocycles. The number of hydrogen-bond acceptors (Lipinski definition) is 3. The molecule has 0 aromatic rings. The first-order chi connectivity index (χ1) is 9.20. The summed E-state index contributed by atoms with van der Waals surface area (Å²) < 4.78 is 50.0. The molecule has 120 valence electrons. The highest BCUT2D eigenvalue weighted by Gasteiger charge is 2.50. The lowest BCUT2D eigenvalue weighted by atomic mass is 10.1. The molecule has 0 amide bonds. The van der Waals surface area contributed by atoms with Gasteiger partial charge in [0.25, 0.3) is 0 Å². The molecule has 0 saturated heterocycles. The van der Waals surface area contributed by atoms with Crippen LogP contribution in [-0.4, -0.2) is 42.1 Å². The smallest absolute Gasteiger partial charge is 0.414 e. The number of aliphatic carboxylic acids is 1. The highest BCUT2D eigenvalue weighted by atomic mass is 32.2. The summed E-state index contributed by atoms with van der Waals surface area (Å²) in [5.74, 6) is -2.90. The van der Waals surface area contributed by atoms with E-state index in [9.17, 15) is 22.0 Å². The number of nitrogens with zero attached hydrogens (tertiary/aromatic N) is 1. The summed E-state index contributed by atoms with van der Waals surface area (Å²) in [4.78, 5) is 10.5. The second kappa shape index (κ2) is 8.51. The van der Waals surface area contributed by atoms with Crippen LogP contribution in [0.25, 0.3) is 0 Å². The van der Waals surface area contributed by atoms with Gasteiger partial charge in [0.1, 0.15) is 0 Å². The van der Waals surface area contributed by atoms with Gasteiger partial charge in [-0.2, -0.15) is 8.78 Å². The number of carboxylic acids is 1. The monoisotopic (exact) mass is 315 g/mol. The molecule has 0 aliphatic carbocycles. The van der Waals surface area contributed by atoms with Crippen molar-refractivity contribution in [3.05, 3.63) is 0 Å². The highest BCUT2D eigenvalue weighted by Crippen LogP contribution is 2.24. The summed E-state index contributed by atoms with van der Waals surface area (Å²) >= 11 is 0. The summed E-state index contributed by atoms with van der Waals surface area (Å²) in [6.07, 6.45) is 4.86. The van der Waals surface area contributed by atoms with Crippen molar-refractivity contribution in [3.63, 3.8) is 0 Å². The van der Waals surface area contributed by atoms with Crippen molar-refractivity contribution in [2.24, 2.45) is 0 Å². The zero-order chi connectivity index (χ0) is 15.8. The van der Waals surface area contributed by atoms with Gasteiger partial charge in [0, 0.05) is 6.54 Å². The third kappa shape index (κ3) is 5.70. The lowest BCUT2D eigenvalue weighted by Gasteiger charge is -2.25. The zero-order valence-electron chi connectivity index (χ0n) is 11.9. The van der Waals surface area contributed by atoms with Gasteiger partial charge in [0.05, 0.1) is 5.75 Å². The topological polar surface area (TPSA) is 74.7 Å². The van der Waals surface area contributed by atoms with Crippen LogP contribution in [0.3, 0.4) is 0 Å². The number of unbranched alkanes of at least 4 members (excludes halogenated alkanes) is 5. The molecule has 0 fully saturated rings. The van der Waals surface area contributed by atoms with E-state index in [1.165, 1.54) is 6.92 Å². The Morgan fingerprint density at radius 3 is 2.05 bits per heavy atom. The van der Waals surface area contributed by atoms with Crippen molar-refractivity contribution in [2.45, 2.75) is 58.4 Å². The van der Waals surface area contributed by atoms with Gasteiger partial charge in [0.15, 0.2) is 0 Å². The molecule has 8 heteroatoms. The van der Waals surface area contributed by atoms with Gasteiger partial charge in [0.2, 0.25) is 10.0 Å². The van der Waals surface area contributed by atoms with Crippen molar-refractivity contribution in [1.82, 2.24) is 4.31 Å². The number of halogens is 2. The molecule has 0 bridgehead atoms. The predicted octanol–water partition coefficient (Wildman–Crippen LogP) is 2.68. The molecule has 1 N–H and O–H groups in total. The van der Waals surface area contributed by atoms with E-state index in [0.717, 1.165) is 25.7 Å². The Bertz CT molecular complexity index is 398.